The van der Waals surface area contributed by atoms with Gasteiger partial charge in [-0.25, -0.2) is 0 Å². The fraction of sp³-hybridized carbons (Fsp3) is 0.976. The number of carbonyl (C=O) groups excluding carboxylic acids is 1. The summed E-state index contributed by atoms with van der Waals surface area (Å²) in [4.78, 5) is 12.7. The number of esters is 1. The zero-order chi connectivity index (χ0) is 36.0. The number of carbonyl (C=O) groups is 1. The quantitative estimate of drug-likeness (QED) is 0.0382. The topological polar surface area (TPSA) is 126 Å². The number of hydrogen-bond donors (Lipinski definition) is 4. The average Bonchev–Trinajstić information content (AvgIpc) is 3.27. The Morgan fingerprint density at radius 3 is 1.39 bits per heavy atom. The molecule has 0 radical (unpaired) electrons. The molecule has 4 N–H and O–H groups in total. The Labute approximate surface area is 301 Å². The van der Waals surface area contributed by atoms with Crippen LogP contribution in [0.4, 0.5) is 0 Å². The first-order valence-corrected chi connectivity index (χ1v) is 20.9. The largest absolute Gasteiger partial charge is 0.457 e. The van der Waals surface area contributed by atoms with Crippen LogP contribution < -0.4 is 0 Å². The summed E-state index contributed by atoms with van der Waals surface area (Å²) in [5, 5.41) is 40.2. The molecule has 1 aliphatic carbocycles. The number of ether oxygens (including phenoxy) is 3. The van der Waals surface area contributed by atoms with Crippen LogP contribution in [0.3, 0.4) is 0 Å². The van der Waals surface area contributed by atoms with E-state index in [0.717, 1.165) is 25.7 Å². The molecule has 8 nitrogen and oxygen atoms in total. The number of unbranched alkanes of at least 4 members (excludes halogenated alkanes) is 22. The highest BCUT2D eigenvalue weighted by molar-refractivity contribution is 5.69. The van der Waals surface area contributed by atoms with Crippen molar-refractivity contribution in [3.63, 3.8) is 0 Å². The number of aliphatic hydroxyl groups is 4. The molecule has 1 saturated carbocycles. The van der Waals surface area contributed by atoms with Gasteiger partial charge in [0.25, 0.3) is 0 Å². The van der Waals surface area contributed by atoms with Crippen molar-refractivity contribution in [2.45, 2.75) is 231 Å². The second-order valence-corrected chi connectivity index (χ2v) is 15.2. The molecule has 1 fully saturated rings. The van der Waals surface area contributed by atoms with Gasteiger partial charge in [-0.3, -0.25) is 4.79 Å². The summed E-state index contributed by atoms with van der Waals surface area (Å²) >= 11 is 0. The van der Waals surface area contributed by atoms with Crippen LogP contribution in [0, 0.1) is 5.92 Å². The van der Waals surface area contributed by atoms with Gasteiger partial charge in [0.1, 0.15) is 36.6 Å². The normalized spacial score (nSPS) is 22.1. The predicted molar refractivity (Wildman–Crippen MR) is 200 cm³/mol. The number of hydrogen-bond acceptors (Lipinski definition) is 8. The summed E-state index contributed by atoms with van der Waals surface area (Å²) in [5.41, 5.74) is 0. The molecule has 0 spiro atoms. The van der Waals surface area contributed by atoms with Crippen LogP contribution in [0.1, 0.15) is 194 Å². The van der Waals surface area contributed by atoms with Gasteiger partial charge >= 0.3 is 5.97 Å². The molecule has 0 saturated heterocycles. The number of rotatable bonds is 35. The van der Waals surface area contributed by atoms with Gasteiger partial charge in [-0.1, -0.05) is 175 Å². The maximum atomic E-state index is 12.7. The molecule has 0 amide bonds. The SMILES string of the molecule is CCCCCCCCCCCCCCCCC(=O)OC(COCCC(C)CCCCCCCCCCCC)COC1C(O)C(O)C(O)C1O. The van der Waals surface area contributed by atoms with E-state index in [2.05, 4.69) is 20.8 Å². The van der Waals surface area contributed by atoms with E-state index in [1.165, 1.54) is 141 Å². The van der Waals surface area contributed by atoms with E-state index in [-0.39, 0.29) is 19.2 Å². The van der Waals surface area contributed by atoms with Crippen LogP contribution >= 0.6 is 0 Å². The summed E-state index contributed by atoms with van der Waals surface area (Å²) in [6, 6.07) is 0. The van der Waals surface area contributed by atoms with Gasteiger partial charge in [-0.05, 0) is 18.8 Å². The fourth-order valence-electron chi connectivity index (χ4n) is 6.86. The van der Waals surface area contributed by atoms with Crippen molar-refractivity contribution < 1.29 is 39.4 Å². The van der Waals surface area contributed by atoms with Crippen molar-refractivity contribution in [2.24, 2.45) is 5.92 Å². The Hall–Kier alpha value is -0.770. The van der Waals surface area contributed by atoms with Gasteiger partial charge in [0, 0.05) is 13.0 Å². The van der Waals surface area contributed by atoms with Gasteiger partial charge in [0.15, 0.2) is 0 Å². The Bertz CT molecular complexity index is 722. The van der Waals surface area contributed by atoms with E-state index in [1.54, 1.807) is 0 Å². The molecule has 0 aromatic heterocycles. The standard InChI is InChI=1S/C41H80O8/c1-4-6-8-10-12-14-16-17-18-19-21-23-25-27-29-36(42)49-35(33-48-41-39(45)37(43)38(44)40(41)46)32-47-31-30-34(3)28-26-24-22-20-15-13-11-9-7-5-2/h34-35,37-41,43-46H,4-33H2,1-3H3. The van der Waals surface area contributed by atoms with Crippen molar-refractivity contribution in [3.8, 4) is 0 Å². The van der Waals surface area contributed by atoms with E-state index in [0.29, 0.717) is 18.9 Å². The molecule has 6 atom stereocenters. The Kier molecular flexibility index (Phi) is 30.1. The second-order valence-electron chi connectivity index (χ2n) is 15.2. The highest BCUT2D eigenvalue weighted by atomic mass is 16.6. The van der Waals surface area contributed by atoms with Crippen LogP contribution in [0.5, 0.6) is 0 Å². The molecule has 0 bridgehead atoms. The highest BCUT2D eigenvalue weighted by Gasteiger charge is 2.49. The third-order valence-electron chi connectivity index (χ3n) is 10.3. The van der Waals surface area contributed by atoms with Crippen molar-refractivity contribution >= 4 is 5.97 Å². The molecular weight excluding hydrogens is 620 g/mol. The lowest BCUT2D eigenvalue weighted by Crippen LogP contribution is -2.39. The zero-order valence-corrected chi connectivity index (χ0v) is 32.2. The molecule has 292 valence electrons. The van der Waals surface area contributed by atoms with E-state index < -0.39 is 36.6 Å². The highest BCUT2D eigenvalue weighted by Crippen LogP contribution is 2.25. The van der Waals surface area contributed by atoms with E-state index >= 15 is 0 Å². The maximum Gasteiger partial charge on any atom is 0.306 e. The summed E-state index contributed by atoms with van der Waals surface area (Å²) in [5.74, 6) is 0.247. The van der Waals surface area contributed by atoms with Crippen molar-refractivity contribution in [1.29, 1.82) is 0 Å². The Morgan fingerprint density at radius 2 is 0.939 bits per heavy atom. The van der Waals surface area contributed by atoms with Crippen LogP contribution in [0.2, 0.25) is 0 Å². The smallest absolute Gasteiger partial charge is 0.306 e. The Morgan fingerprint density at radius 1 is 0.531 bits per heavy atom. The lowest BCUT2D eigenvalue weighted by molar-refractivity contribution is -0.163. The van der Waals surface area contributed by atoms with Crippen LogP contribution in [-0.2, 0) is 19.0 Å². The number of aliphatic hydroxyl groups excluding tert-OH is 4. The average molecular weight is 701 g/mol. The Balaban J connectivity index is 2.26. The molecule has 0 aromatic rings. The molecule has 0 aliphatic heterocycles. The second kappa shape index (κ2) is 31.9. The van der Waals surface area contributed by atoms with E-state index in [1.807, 2.05) is 0 Å². The molecule has 0 aromatic carbocycles. The minimum atomic E-state index is -1.49. The minimum absolute atomic E-state index is 0.100. The monoisotopic (exact) mass is 701 g/mol. The van der Waals surface area contributed by atoms with Gasteiger partial charge in [-0.2, -0.15) is 0 Å². The molecule has 1 rings (SSSR count). The van der Waals surface area contributed by atoms with Gasteiger partial charge < -0.3 is 34.6 Å². The summed E-state index contributed by atoms with van der Waals surface area (Å²) in [6.07, 6.45) is 25.7. The maximum absolute atomic E-state index is 12.7. The fourth-order valence-corrected chi connectivity index (χ4v) is 6.86. The molecular formula is C41H80O8. The van der Waals surface area contributed by atoms with Gasteiger partial charge in [0.2, 0.25) is 0 Å². The molecule has 0 heterocycles. The third-order valence-corrected chi connectivity index (χ3v) is 10.3. The van der Waals surface area contributed by atoms with Crippen molar-refractivity contribution in [2.75, 3.05) is 19.8 Å². The molecule has 6 unspecified atom stereocenters. The predicted octanol–water partition coefficient (Wildman–Crippen LogP) is 8.97. The van der Waals surface area contributed by atoms with Crippen LogP contribution in [0.25, 0.3) is 0 Å². The first-order chi connectivity index (χ1) is 23.8. The van der Waals surface area contributed by atoms with Crippen molar-refractivity contribution in [1.82, 2.24) is 0 Å². The molecule has 49 heavy (non-hydrogen) atoms. The summed E-state index contributed by atoms with van der Waals surface area (Å²) < 4.78 is 17.3. The zero-order valence-electron chi connectivity index (χ0n) is 32.2. The third kappa shape index (κ3) is 24.2. The molecule has 8 heteroatoms. The summed E-state index contributed by atoms with van der Waals surface area (Å²) in [7, 11) is 0. The van der Waals surface area contributed by atoms with Crippen LogP contribution in [0.15, 0.2) is 0 Å². The summed E-state index contributed by atoms with van der Waals surface area (Å²) in [6.45, 7) is 7.38. The van der Waals surface area contributed by atoms with Crippen LogP contribution in [-0.4, -0.2) is 82.8 Å². The van der Waals surface area contributed by atoms with E-state index in [9.17, 15) is 25.2 Å². The molecule has 1 aliphatic rings. The van der Waals surface area contributed by atoms with E-state index in [4.69, 9.17) is 14.2 Å². The lowest BCUT2D eigenvalue weighted by Gasteiger charge is -2.24. The van der Waals surface area contributed by atoms with Gasteiger partial charge in [-0.15, -0.1) is 0 Å². The van der Waals surface area contributed by atoms with Gasteiger partial charge in [0.05, 0.1) is 13.2 Å². The first-order valence-electron chi connectivity index (χ1n) is 20.9. The first kappa shape index (κ1) is 46.3. The lowest BCUT2D eigenvalue weighted by atomic mass is 9.99. The van der Waals surface area contributed by atoms with Crippen molar-refractivity contribution in [3.05, 3.63) is 0 Å². The minimum Gasteiger partial charge on any atom is -0.457 e.